The number of anilines is 1. The van der Waals surface area contributed by atoms with Gasteiger partial charge in [-0.15, -0.1) is 0 Å². The van der Waals surface area contributed by atoms with Crippen molar-refractivity contribution in [1.82, 2.24) is 15.2 Å². The third-order valence-electron chi connectivity index (χ3n) is 4.83. The standard InChI is InChI=1S/C21H13ClN4O2/c1-11-3-2-4-14(9-11)26-20(27)15-10-23-19-17(16(15)21(26)28)18(24-25-19)12-5-7-13(22)8-6-12/h2-10H,1H3,(H,23,24,25). The number of halogens is 1. The van der Waals surface area contributed by atoms with Crippen LogP contribution in [0.1, 0.15) is 26.3 Å². The van der Waals surface area contributed by atoms with E-state index >= 15 is 0 Å². The second kappa shape index (κ2) is 6.00. The van der Waals surface area contributed by atoms with Gasteiger partial charge in [-0.25, -0.2) is 9.88 Å². The van der Waals surface area contributed by atoms with E-state index in [1.165, 1.54) is 11.1 Å². The summed E-state index contributed by atoms with van der Waals surface area (Å²) in [6.07, 6.45) is 1.42. The van der Waals surface area contributed by atoms with Crippen LogP contribution in [0.2, 0.25) is 5.02 Å². The predicted octanol–water partition coefficient (Wildman–Crippen LogP) is 4.39. The van der Waals surface area contributed by atoms with Gasteiger partial charge in [-0.3, -0.25) is 14.7 Å². The highest BCUT2D eigenvalue weighted by atomic mass is 35.5. The lowest BCUT2D eigenvalue weighted by Gasteiger charge is -2.14. The topological polar surface area (TPSA) is 79.0 Å². The zero-order valence-electron chi connectivity index (χ0n) is 14.7. The highest BCUT2D eigenvalue weighted by Gasteiger charge is 2.40. The molecule has 0 aliphatic carbocycles. The SMILES string of the molecule is Cc1cccc(N2C(=O)c3cnc4n[nH]c(-c5ccc(Cl)cc5)c4c3C2=O)c1. The largest absolute Gasteiger partial charge is 0.275 e. The summed E-state index contributed by atoms with van der Waals surface area (Å²) in [5, 5.41) is 8.30. The van der Waals surface area contributed by atoms with Gasteiger partial charge in [0.1, 0.15) is 0 Å². The molecular formula is C21H13ClN4O2. The van der Waals surface area contributed by atoms with E-state index in [1.807, 2.05) is 37.3 Å². The number of pyridine rings is 1. The van der Waals surface area contributed by atoms with Crippen molar-refractivity contribution in [3.8, 4) is 11.3 Å². The predicted molar refractivity (Wildman–Crippen MR) is 107 cm³/mol. The van der Waals surface area contributed by atoms with Crippen molar-refractivity contribution in [2.45, 2.75) is 6.92 Å². The van der Waals surface area contributed by atoms with Gasteiger partial charge in [0.25, 0.3) is 11.8 Å². The number of nitrogens with one attached hydrogen (secondary N) is 1. The highest BCUT2D eigenvalue weighted by molar-refractivity contribution is 6.38. The van der Waals surface area contributed by atoms with Gasteiger partial charge in [0.05, 0.1) is 27.9 Å². The molecular weight excluding hydrogens is 376 g/mol. The summed E-state index contributed by atoms with van der Waals surface area (Å²) in [6.45, 7) is 1.91. The van der Waals surface area contributed by atoms with Crippen molar-refractivity contribution >= 4 is 40.1 Å². The molecule has 136 valence electrons. The summed E-state index contributed by atoms with van der Waals surface area (Å²) in [6, 6.07) is 14.5. The van der Waals surface area contributed by atoms with Crippen LogP contribution >= 0.6 is 11.6 Å². The van der Waals surface area contributed by atoms with Crippen molar-refractivity contribution in [1.29, 1.82) is 0 Å². The van der Waals surface area contributed by atoms with Crippen LogP contribution in [0.15, 0.2) is 54.7 Å². The van der Waals surface area contributed by atoms with Crippen LogP contribution in [0.5, 0.6) is 0 Å². The van der Waals surface area contributed by atoms with E-state index in [2.05, 4.69) is 15.2 Å². The first-order valence-corrected chi connectivity index (χ1v) is 9.01. The van der Waals surface area contributed by atoms with Crippen molar-refractivity contribution in [2.75, 3.05) is 4.90 Å². The van der Waals surface area contributed by atoms with Crippen LogP contribution in [0, 0.1) is 6.92 Å². The maximum Gasteiger partial charge on any atom is 0.267 e. The second-order valence-corrected chi connectivity index (χ2v) is 7.07. The molecule has 1 aliphatic rings. The van der Waals surface area contributed by atoms with Gasteiger partial charge in [0.15, 0.2) is 5.65 Å². The van der Waals surface area contributed by atoms with E-state index in [4.69, 9.17) is 11.6 Å². The van der Waals surface area contributed by atoms with E-state index in [-0.39, 0.29) is 17.4 Å². The molecule has 2 aromatic heterocycles. The number of fused-ring (bicyclic) bond motifs is 3. The van der Waals surface area contributed by atoms with Gasteiger partial charge in [-0.1, -0.05) is 35.9 Å². The Balaban J connectivity index is 1.73. The molecule has 3 heterocycles. The summed E-state index contributed by atoms with van der Waals surface area (Å²) in [7, 11) is 0. The molecule has 1 N–H and O–H groups in total. The number of imide groups is 1. The molecule has 0 radical (unpaired) electrons. The van der Waals surface area contributed by atoms with Gasteiger partial charge >= 0.3 is 0 Å². The average molecular weight is 389 g/mol. The number of carbonyl (C=O) groups excluding carboxylic acids is 2. The van der Waals surface area contributed by atoms with Crippen LogP contribution in [0.3, 0.4) is 0 Å². The quantitative estimate of drug-likeness (QED) is 0.516. The molecule has 28 heavy (non-hydrogen) atoms. The minimum absolute atomic E-state index is 0.274. The number of carbonyl (C=O) groups is 2. The van der Waals surface area contributed by atoms with E-state index in [1.54, 1.807) is 18.2 Å². The smallest absolute Gasteiger partial charge is 0.267 e. The highest BCUT2D eigenvalue weighted by Crippen LogP contribution is 2.36. The lowest BCUT2D eigenvalue weighted by atomic mass is 10.0. The third-order valence-corrected chi connectivity index (χ3v) is 5.08. The Hall–Kier alpha value is -3.51. The first-order valence-electron chi connectivity index (χ1n) is 8.63. The van der Waals surface area contributed by atoms with Crippen LogP contribution in [0.4, 0.5) is 5.69 Å². The molecule has 0 saturated carbocycles. The monoisotopic (exact) mass is 388 g/mol. The van der Waals surface area contributed by atoms with Gasteiger partial charge in [-0.2, -0.15) is 5.10 Å². The maximum atomic E-state index is 13.3. The van der Waals surface area contributed by atoms with Crippen molar-refractivity contribution in [2.24, 2.45) is 0 Å². The summed E-state index contributed by atoms with van der Waals surface area (Å²) in [5.74, 6) is -0.766. The summed E-state index contributed by atoms with van der Waals surface area (Å²) in [4.78, 5) is 31.7. The lowest BCUT2D eigenvalue weighted by molar-refractivity contribution is 0.0926. The Bertz CT molecular complexity index is 1280. The number of benzene rings is 2. The molecule has 0 saturated heterocycles. The van der Waals surface area contributed by atoms with Crippen molar-refractivity contribution in [3.63, 3.8) is 0 Å². The Morgan fingerprint density at radius 1 is 1.04 bits per heavy atom. The van der Waals surface area contributed by atoms with Gasteiger partial charge in [0, 0.05) is 16.8 Å². The van der Waals surface area contributed by atoms with Gasteiger partial charge in [0.2, 0.25) is 0 Å². The number of rotatable bonds is 2. The minimum Gasteiger partial charge on any atom is -0.275 e. The molecule has 5 rings (SSSR count). The van der Waals surface area contributed by atoms with E-state index in [0.717, 1.165) is 11.1 Å². The van der Waals surface area contributed by atoms with Crippen molar-refractivity contribution < 1.29 is 9.59 Å². The summed E-state index contributed by atoms with van der Waals surface area (Å²) in [5.41, 5.74) is 3.90. The normalized spacial score (nSPS) is 13.4. The molecule has 1 aliphatic heterocycles. The van der Waals surface area contributed by atoms with Gasteiger partial charge < -0.3 is 0 Å². The van der Waals surface area contributed by atoms with Crippen LogP contribution in [0.25, 0.3) is 22.3 Å². The number of aromatic nitrogens is 3. The molecule has 0 spiro atoms. The molecule has 2 aromatic carbocycles. The number of H-pyrrole nitrogens is 1. The Kier molecular flexibility index (Phi) is 3.57. The zero-order chi connectivity index (χ0) is 19.4. The Morgan fingerprint density at radius 3 is 2.57 bits per heavy atom. The fourth-order valence-electron chi connectivity index (χ4n) is 3.52. The number of amides is 2. The van der Waals surface area contributed by atoms with E-state index in [9.17, 15) is 9.59 Å². The summed E-state index contributed by atoms with van der Waals surface area (Å²) < 4.78 is 0. The van der Waals surface area contributed by atoms with Crippen LogP contribution < -0.4 is 4.90 Å². The third kappa shape index (κ3) is 2.35. The Labute approximate surface area is 164 Å². The van der Waals surface area contributed by atoms with Crippen LogP contribution in [-0.4, -0.2) is 27.0 Å². The van der Waals surface area contributed by atoms with Crippen LogP contribution in [-0.2, 0) is 0 Å². The minimum atomic E-state index is -0.386. The fourth-order valence-corrected chi connectivity index (χ4v) is 3.65. The lowest BCUT2D eigenvalue weighted by Crippen LogP contribution is -2.29. The first kappa shape index (κ1) is 16.6. The number of hydrogen-bond acceptors (Lipinski definition) is 4. The molecule has 7 heteroatoms. The fraction of sp³-hybridized carbons (Fsp3) is 0.0476. The summed E-state index contributed by atoms with van der Waals surface area (Å²) >= 11 is 5.98. The first-order chi connectivity index (χ1) is 13.5. The van der Waals surface area contributed by atoms with E-state index < -0.39 is 0 Å². The molecule has 0 atom stereocenters. The van der Waals surface area contributed by atoms with E-state index in [0.29, 0.717) is 33.0 Å². The number of nitrogens with zero attached hydrogens (tertiary/aromatic N) is 3. The molecule has 0 fully saturated rings. The van der Waals surface area contributed by atoms with Crippen molar-refractivity contribution in [3.05, 3.63) is 76.4 Å². The average Bonchev–Trinajstić information content (AvgIpc) is 3.22. The zero-order valence-corrected chi connectivity index (χ0v) is 15.5. The molecule has 6 nitrogen and oxygen atoms in total. The molecule has 2 amide bonds. The molecule has 0 unspecified atom stereocenters. The second-order valence-electron chi connectivity index (χ2n) is 6.64. The number of hydrogen-bond donors (Lipinski definition) is 1. The molecule has 4 aromatic rings. The number of aromatic amines is 1. The Morgan fingerprint density at radius 2 is 1.82 bits per heavy atom. The van der Waals surface area contributed by atoms with Gasteiger partial charge in [-0.05, 0) is 36.8 Å². The number of aryl methyl sites for hydroxylation is 1. The molecule has 0 bridgehead atoms. The maximum absolute atomic E-state index is 13.3.